The molecule has 1 unspecified atom stereocenters. The zero-order valence-corrected chi connectivity index (χ0v) is 14.2. The van der Waals surface area contributed by atoms with Gasteiger partial charge in [0.2, 0.25) is 5.91 Å². The first-order chi connectivity index (χ1) is 11.6. The Kier molecular flexibility index (Phi) is 5.35. The van der Waals surface area contributed by atoms with Crippen molar-refractivity contribution in [2.75, 3.05) is 44.3 Å². The molecule has 0 spiro atoms. The van der Waals surface area contributed by atoms with Crippen molar-refractivity contribution in [1.82, 2.24) is 10.2 Å². The number of carbonyl (C=O) groups is 2. The average molecular weight is 331 g/mol. The van der Waals surface area contributed by atoms with Crippen LogP contribution in [0.3, 0.4) is 0 Å². The molecule has 2 aliphatic heterocycles. The lowest BCUT2D eigenvalue weighted by atomic mass is 10.1. The Morgan fingerprint density at radius 2 is 2.04 bits per heavy atom. The second kappa shape index (κ2) is 7.66. The summed E-state index contributed by atoms with van der Waals surface area (Å²) in [6, 6.07) is 7.81. The predicted octanol–water partition coefficient (Wildman–Crippen LogP) is 1.26. The number of amides is 2. The van der Waals surface area contributed by atoms with Gasteiger partial charge in [0.05, 0.1) is 19.8 Å². The molecule has 6 heteroatoms. The maximum Gasteiger partial charge on any atom is 0.251 e. The van der Waals surface area contributed by atoms with Gasteiger partial charge in [0.1, 0.15) is 0 Å². The van der Waals surface area contributed by atoms with Gasteiger partial charge < -0.3 is 19.9 Å². The van der Waals surface area contributed by atoms with Gasteiger partial charge in [-0.3, -0.25) is 9.59 Å². The molecule has 2 heterocycles. The highest BCUT2D eigenvalue weighted by Gasteiger charge is 2.25. The lowest BCUT2D eigenvalue weighted by Crippen LogP contribution is -2.41. The Morgan fingerprint density at radius 3 is 2.75 bits per heavy atom. The first kappa shape index (κ1) is 16.8. The van der Waals surface area contributed by atoms with Crippen LogP contribution in [0.5, 0.6) is 0 Å². The van der Waals surface area contributed by atoms with Crippen LogP contribution < -0.4 is 10.2 Å². The van der Waals surface area contributed by atoms with Crippen LogP contribution in [-0.4, -0.2) is 62.1 Å². The van der Waals surface area contributed by atoms with E-state index in [2.05, 4.69) is 17.1 Å². The van der Waals surface area contributed by atoms with Gasteiger partial charge in [-0.2, -0.15) is 0 Å². The Hall–Kier alpha value is -2.08. The van der Waals surface area contributed by atoms with Crippen molar-refractivity contribution in [2.24, 2.45) is 0 Å². The summed E-state index contributed by atoms with van der Waals surface area (Å²) in [7, 11) is 0. The van der Waals surface area contributed by atoms with E-state index in [0.29, 0.717) is 18.8 Å². The third-order valence-electron chi connectivity index (χ3n) is 4.76. The second-order valence-electron chi connectivity index (χ2n) is 6.41. The highest BCUT2D eigenvalue weighted by Crippen LogP contribution is 2.18. The van der Waals surface area contributed by atoms with Crippen LogP contribution in [0.1, 0.15) is 30.1 Å². The zero-order chi connectivity index (χ0) is 16.9. The highest BCUT2D eigenvalue weighted by atomic mass is 16.5. The fourth-order valence-electron chi connectivity index (χ4n) is 3.33. The second-order valence-corrected chi connectivity index (χ2v) is 6.41. The van der Waals surface area contributed by atoms with Crippen LogP contribution >= 0.6 is 0 Å². The largest absolute Gasteiger partial charge is 0.378 e. The Balaban J connectivity index is 1.57. The minimum absolute atomic E-state index is 0.00214. The van der Waals surface area contributed by atoms with Crippen molar-refractivity contribution in [3.8, 4) is 0 Å². The van der Waals surface area contributed by atoms with E-state index in [1.807, 2.05) is 23.1 Å². The summed E-state index contributed by atoms with van der Waals surface area (Å²) in [6.45, 7) is 5.98. The third-order valence-corrected chi connectivity index (χ3v) is 4.76. The Labute approximate surface area is 142 Å². The summed E-state index contributed by atoms with van der Waals surface area (Å²) in [6.07, 6.45) is 2.09. The number of hydrogen-bond donors (Lipinski definition) is 1. The lowest BCUT2D eigenvalue weighted by molar-refractivity contribution is -0.130. The molecule has 2 amide bonds. The summed E-state index contributed by atoms with van der Waals surface area (Å²) in [5.41, 5.74) is 1.60. The molecule has 2 fully saturated rings. The van der Waals surface area contributed by atoms with E-state index in [1.54, 1.807) is 6.07 Å². The number of carbonyl (C=O) groups excluding carboxylic acids is 2. The normalized spacial score (nSPS) is 21.0. The van der Waals surface area contributed by atoms with Crippen molar-refractivity contribution >= 4 is 17.5 Å². The van der Waals surface area contributed by atoms with Crippen LogP contribution in [0.2, 0.25) is 0 Å². The molecule has 0 aromatic heterocycles. The van der Waals surface area contributed by atoms with Gasteiger partial charge in [-0.25, -0.2) is 0 Å². The lowest BCUT2D eigenvalue weighted by Gasteiger charge is -2.29. The maximum absolute atomic E-state index is 12.4. The summed E-state index contributed by atoms with van der Waals surface area (Å²) in [5, 5.41) is 2.75. The van der Waals surface area contributed by atoms with Crippen LogP contribution in [0.25, 0.3) is 0 Å². The van der Waals surface area contributed by atoms with E-state index in [-0.39, 0.29) is 24.4 Å². The van der Waals surface area contributed by atoms with Gasteiger partial charge in [-0.05, 0) is 38.0 Å². The molecule has 0 saturated carbocycles. The Morgan fingerprint density at radius 1 is 1.25 bits per heavy atom. The molecule has 0 aliphatic carbocycles. The zero-order valence-electron chi connectivity index (χ0n) is 14.2. The van der Waals surface area contributed by atoms with Crippen molar-refractivity contribution in [1.29, 1.82) is 0 Å². The van der Waals surface area contributed by atoms with Crippen molar-refractivity contribution in [2.45, 2.75) is 25.8 Å². The van der Waals surface area contributed by atoms with Gasteiger partial charge in [0.25, 0.3) is 5.91 Å². The minimum Gasteiger partial charge on any atom is -0.378 e. The van der Waals surface area contributed by atoms with Crippen LogP contribution in [0.4, 0.5) is 5.69 Å². The van der Waals surface area contributed by atoms with Crippen LogP contribution in [0, 0.1) is 0 Å². The molecule has 3 rings (SSSR count). The van der Waals surface area contributed by atoms with E-state index in [1.165, 1.54) is 0 Å². The van der Waals surface area contributed by atoms with Gasteiger partial charge >= 0.3 is 0 Å². The molecule has 1 atom stereocenters. The molecule has 130 valence electrons. The number of nitrogens with zero attached hydrogens (tertiary/aromatic N) is 2. The monoisotopic (exact) mass is 331 g/mol. The van der Waals surface area contributed by atoms with Crippen molar-refractivity contribution in [3.63, 3.8) is 0 Å². The van der Waals surface area contributed by atoms with E-state index in [4.69, 9.17) is 4.74 Å². The first-order valence-corrected chi connectivity index (χ1v) is 8.65. The average Bonchev–Trinajstić information content (AvgIpc) is 3.06. The van der Waals surface area contributed by atoms with Gasteiger partial charge in [0.15, 0.2) is 0 Å². The number of likely N-dealkylation sites (tertiary alicyclic amines) is 1. The molecule has 0 bridgehead atoms. The molecule has 2 aliphatic rings. The summed E-state index contributed by atoms with van der Waals surface area (Å²) in [5.74, 6) is -0.206. The third kappa shape index (κ3) is 3.87. The summed E-state index contributed by atoms with van der Waals surface area (Å²) >= 11 is 0. The summed E-state index contributed by atoms with van der Waals surface area (Å²) in [4.78, 5) is 28.6. The number of benzene rings is 1. The number of nitrogens with one attached hydrogen (secondary N) is 1. The van der Waals surface area contributed by atoms with Crippen molar-refractivity contribution < 1.29 is 14.3 Å². The predicted molar refractivity (Wildman–Crippen MR) is 92.2 cm³/mol. The number of ether oxygens (including phenoxy) is 1. The molecular formula is C18H25N3O3. The number of hydrogen-bond acceptors (Lipinski definition) is 4. The first-order valence-electron chi connectivity index (χ1n) is 8.65. The highest BCUT2D eigenvalue weighted by molar-refractivity contribution is 5.97. The molecular weight excluding hydrogens is 306 g/mol. The minimum atomic E-state index is -0.203. The van der Waals surface area contributed by atoms with E-state index >= 15 is 0 Å². The molecule has 24 heavy (non-hydrogen) atoms. The number of morpholine rings is 1. The molecule has 2 saturated heterocycles. The smallest absolute Gasteiger partial charge is 0.251 e. The van der Waals surface area contributed by atoms with Crippen LogP contribution in [-0.2, 0) is 9.53 Å². The van der Waals surface area contributed by atoms with E-state index < -0.39 is 0 Å². The van der Waals surface area contributed by atoms with E-state index in [0.717, 1.165) is 38.2 Å². The number of anilines is 1. The maximum atomic E-state index is 12.4. The quantitative estimate of drug-likeness (QED) is 0.902. The standard InChI is InChI=1S/C18H25N3O3/c1-14-4-3-7-21(14)17(22)13-19-18(23)15-5-2-6-16(12-15)20-8-10-24-11-9-20/h2,5-6,12,14H,3-4,7-11,13H2,1H3,(H,19,23). The molecule has 1 aromatic carbocycles. The molecule has 0 radical (unpaired) electrons. The van der Waals surface area contributed by atoms with Crippen LogP contribution in [0.15, 0.2) is 24.3 Å². The molecule has 1 aromatic rings. The fourth-order valence-corrected chi connectivity index (χ4v) is 3.33. The topological polar surface area (TPSA) is 61.9 Å². The fraction of sp³-hybridized carbons (Fsp3) is 0.556. The van der Waals surface area contributed by atoms with Crippen molar-refractivity contribution in [3.05, 3.63) is 29.8 Å². The summed E-state index contributed by atoms with van der Waals surface area (Å²) < 4.78 is 5.36. The van der Waals surface area contributed by atoms with E-state index in [9.17, 15) is 9.59 Å². The molecule has 1 N–H and O–H groups in total. The number of rotatable bonds is 4. The Bertz CT molecular complexity index is 599. The SMILES string of the molecule is CC1CCCN1C(=O)CNC(=O)c1cccc(N2CCOCC2)c1. The molecule has 6 nitrogen and oxygen atoms in total. The van der Waals surface area contributed by atoms with Gasteiger partial charge in [-0.15, -0.1) is 0 Å². The van der Waals surface area contributed by atoms with Gasteiger partial charge in [0, 0.05) is 36.9 Å². The van der Waals surface area contributed by atoms with Gasteiger partial charge in [-0.1, -0.05) is 6.07 Å².